The second-order valence-electron chi connectivity index (χ2n) is 5.92. The first-order valence-electron chi connectivity index (χ1n) is 8.11. The number of halogens is 1. The molecule has 3 aromatic rings. The number of aromatic nitrogens is 2. The van der Waals surface area contributed by atoms with Crippen LogP contribution in [0.5, 0.6) is 0 Å². The molecule has 1 aromatic carbocycles. The van der Waals surface area contributed by atoms with Crippen molar-refractivity contribution < 1.29 is 17.7 Å². The number of nitrogens with one attached hydrogen (secondary N) is 1. The van der Waals surface area contributed by atoms with E-state index in [1.807, 2.05) is 17.5 Å². The molecule has 0 fully saturated rings. The molecule has 0 aliphatic heterocycles. The van der Waals surface area contributed by atoms with Crippen LogP contribution in [0.2, 0.25) is 5.02 Å². The van der Waals surface area contributed by atoms with Gasteiger partial charge < -0.3 is 9.84 Å². The molecule has 3 rings (SSSR count). The minimum absolute atomic E-state index is 0.0106. The highest BCUT2D eigenvalue weighted by Gasteiger charge is 2.23. The van der Waals surface area contributed by atoms with Crippen molar-refractivity contribution in [3.8, 4) is 10.7 Å². The Morgan fingerprint density at radius 3 is 2.79 bits per heavy atom. The fourth-order valence-corrected chi connectivity index (χ4v) is 4.17. The Labute approximate surface area is 171 Å². The molecule has 8 nitrogen and oxygen atoms in total. The first-order chi connectivity index (χ1) is 13.3. The van der Waals surface area contributed by atoms with Crippen LogP contribution >= 0.6 is 22.9 Å². The van der Waals surface area contributed by atoms with Crippen LogP contribution in [0.1, 0.15) is 11.5 Å². The minimum atomic E-state index is -3.70. The lowest BCUT2D eigenvalue weighted by atomic mass is 10.2. The Morgan fingerprint density at radius 1 is 1.32 bits per heavy atom. The second-order valence-corrected chi connectivity index (χ2v) is 9.18. The van der Waals surface area contributed by atoms with Crippen LogP contribution in [0.3, 0.4) is 0 Å². The summed E-state index contributed by atoms with van der Waals surface area (Å²) in [6.07, 6.45) is 1.03. The summed E-state index contributed by atoms with van der Waals surface area (Å²) < 4.78 is 30.5. The number of carbonyl (C=O) groups excluding carboxylic acids is 1. The third kappa shape index (κ3) is 4.70. The Hall–Kier alpha value is -2.43. The molecule has 0 radical (unpaired) electrons. The highest BCUT2D eigenvalue weighted by molar-refractivity contribution is 7.92. The largest absolute Gasteiger partial charge is 0.345 e. The number of carbonyl (C=O) groups is 1. The molecule has 148 valence electrons. The number of anilines is 1. The normalized spacial score (nSPS) is 11.4. The lowest BCUT2D eigenvalue weighted by molar-refractivity contribution is -0.119. The van der Waals surface area contributed by atoms with Gasteiger partial charge >= 0.3 is 0 Å². The average Bonchev–Trinajstić information content (AvgIpc) is 3.31. The second kappa shape index (κ2) is 8.29. The van der Waals surface area contributed by atoms with Gasteiger partial charge in [0.05, 0.1) is 23.4 Å². The van der Waals surface area contributed by atoms with Crippen molar-refractivity contribution in [3.63, 3.8) is 0 Å². The van der Waals surface area contributed by atoms with Crippen molar-refractivity contribution in [2.75, 3.05) is 17.1 Å². The van der Waals surface area contributed by atoms with E-state index in [-0.39, 0.29) is 12.4 Å². The predicted molar refractivity (Wildman–Crippen MR) is 108 cm³/mol. The van der Waals surface area contributed by atoms with E-state index in [2.05, 4.69) is 15.5 Å². The third-order valence-corrected chi connectivity index (χ3v) is 6.24. The van der Waals surface area contributed by atoms with Gasteiger partial charge in [-0.2, -0.15) is 4.98 Å². The smallest absolute Gasteiger partial charge is 0.246 e. The summed E-state index contributed by atoms with van der Waals surface area (Å²) in [4.78, 5) is 17.4. The summed E-state index contributed by atoms with van der Waals surface area (Å²) in [6, 6.07) is 8.61. The maximum absolute atomic E-state index is 12.3. The molecule has 1 amide bonds. The Balaban J connectivity index is 1.69. The molecular weight excluding hydrogens is 424 g/mol. The van der Waals surface area contributed by atoms with Crippen LogP contribution in [-0.4, -0.2) is 37.3 Å². The molecule has 28 heavy (non-hydrogen) atoms. The van der Waals surface area contributed by atoms with E-state index in [4.69, 9.17) is 16.1 Å². The van der Waals surface area contributed by atoms with Crippen molar-refractivity contribution in [3.05, 3.63) is 52.2 Å². The number of sulfonamides is 1. The van der Waals surface area contributed by atoms with Gasteiger partial charge in [0.15, 0.2) is 0 Å². The molecule has 0 unspecified atom stereocenters. The van der Waals surface area contributed by atoms with Gasteiger partial charge in [0.2, 0.25) is 27.6 Å². The fraction of sp³-hybridized carbons (Fsp3) is 0.235. The predicted octanol–water partition coefficient (Wildman–Crippen LogP) is 2.84. The van der Waals surface area contributed by atoms with E-state index in [1.54, 1.807) is 25.1 Å². The molecular formula is C17H17ClN4O4S2. The quantitative estimate of drug-likeness (QED) is 0.605. The standard InChI is InChI=1S/C17H17ClN4O4S2/c1-11-12(18)5-3-6-13(11)22(28(2,24)25)10-15(23)19-9-16-20-17(21-26-16)14-7-4-8-27-14/h3-8H,9-10H2,1-2H3,(H,19,23). The summed E-state index contributed by atoms with van der Waals surface area (Å²) in [7, 11) is -3.70. The minimum Gasteiger partial charge on any atom is -0.345 e. The zero-order valence-electron chi connectivity index (χ0n) is 15.0. The number of nitrogens with zero attached hydrogens (tertiary/aromatic N) is 3. The summed E-state index contributed by atoms with van der Waals surface area (Å²) in [6.45, 7) is 1.29. The number of hydrogen-bond donors (Lipinski definition) is 1. The molecule has 0 bridgehead atoms. The zero-order valence-corrected chi connectivity index (χ0v) is 17.4. The van der Waals surface area contributed by atoms with Crippen molar-refractivity contribution in [2.45, 2.75) is 13.5 Å². The number of benzene rings is 1. The van der Waals surface area contributed by atoms with Crippen LogP contribution in [-0.2, 0) is 21.4 Å². The average molecular weight is 441 g/mol. The van der Waals surface area contributed by atoms with Crippen LogP contribution in [0.25, 0.3) is 10.7 Å². The van der Waals surface area contributed by atoms with E-state index in [9.17, 15) is 13.2 Å². The van der Waals surface area contributed by atoms with Crippen LogP contribution < -0.4 is 9.62 Å². The maximum Gasteiger partial charge on any atom is 0.246 e. The summed E-state index contributed by atoms with van der Waals surface area (Å²) in [5.74, 6) is 0.147. The zero-order chi connectivity index (χ0) is 20.3. The van der Waals surface area contributed by atoms with Gasteiger partial charge in [0.1, 0.15) is 6.54 Å². The van der Waals surface area contributed by atoms with Crippen molar-refractivity contribution in [1.82, 2.24) is 15.5 Å². The van der Waals surface area contributed by atoms with Crippen molar-refractivity contribution >= 4 is 44.6 Å². The van der Waals surface area contributed by atoms with Gasteiger partial charge in [-0.05, 0) is 36.1 Å². The first kappa shape index (κ1) is 20.3. The molecule has 2 heterocycles. The van der Waals surface area contributed by atoms with Crippen molar-refractivity contribution in [2.24, 2.45) is 0 Å². The van der Waals surface area contributed by atoms with E-state index in [0.717, 1.165) is 15.4 Å². The number of amides is 1. The molecule has 0 aliphatic rings. The van der Waals surface area contributed by atoms with E-state index < -0.39 is 22.5 Å². The summed E-state index contributed by atoms with van der Waals surface area (Å²) in [5, 5.41) is 8.76. The Morgan fingerprint density at radius 2 is 2.11 bits per heavy atom. The van der Waals surface area contributed by atoms with Gasteiger partial charge in [0, 0.05) is 5.02 Å². The van der Waals surface area contributed by atoms with Crippen LogP contribution in [0.4, 0.5) is 5.69 Å². The maximum atomic E-state index is 12.3. The molecule has 2 aromatic heterocycles. The summed E-state index contributed by atoms with van der Waals surface area (Å²) in [5.41, 5.74) is 0.919. The topological polar surface area (TPSA) is 105 Å². The highest BCUT2D eigenvalue weighted by atomic mass is 35.5. The van der Waals surface area contributed by atoms with Crippen LogP contribution in [0.15, 0.2) is 40.2 Å². The van der Waals surface area contributed by atoms with Gasteiger partial charge in [-0.25, -0.2) is 8.42 Å². The monoisotopic (exact) mass is 440 g/mol. The SMILES string of the molecule is Cc1c(Cl)cccc1N(CC(=O)NCc1nc(-c2cccs2)no1)S(C)(=O)=O. The molecule has 0 atom stereocenters. The number of thiophene rings is 1. The Kier molecular flexibility index (Phi) is 6.01. The van der Waals surface area contributed by atoms with E-state index in [1.165, 1.54) is 11.3 Å². The number of rotatable bonds is 7. The summed E-state index contributed by atoms with van der Waals surface area (Å²) >= 11 is 7.55. The molecule has 0 aliphatic carbocycles. The van der Waals surface area contributed by atoms with Gasteiger partial charge in [-0.1, -0.05) is 28.9 Å². The molecule has 0 saturated carbocycles. The van der Waals surface area contributed by atoms with Crippen LogP contribution in [0, 0.1) is 6.92 Å². The highest BCUT2D eigenvalue weighted by Crippen LogP contribution is 2.28. The third-order valence-electron chi connectivity index (χ3n) is 3.84. The van der Waals surface area contributed by atoms with E-state index in [0.29, 0.717) is 22.1 Å². The lowest BCUT2D eigenvalue weighted by Crippen LogP contribution is -2.40. The van der Waals surface area contributed by atoms with Gasteiger partial charge in [0.25, 0.3) is 0 Å². The molecule has 0 spiro atoms. The fourth-order valence-electron chi connectivity index (χ4n) is 2.44. The van der Waals surface area contributed by atoms with Gasteiger partial charge in [-0.3, -0.25) is 9.10 Å². The molecule has 0 saturated heterocycles. The van der Waals surface area contributed by atoms with Crippen molar-refractivity contribution in [1.29, 1.82) is 0 Å². The number of hydrogen-bond acceptors (Lipinski definition) is 7. The molecule has 1 N–H and O–H groups in total. The Bertz CT molecular complexity index is 1080. The first-order valence-corrected chi connectivity index (χ1v) is 11.2. The van der Waals surface area contributed by atoms with E-state index >= 15 is 0 Å². The van der Waals surface area contributed by atoms with Gasteiger partial charge in [-0.15, -0.1) is 11.3 Å². The molecule has 11 heteroatoms. The lowest BCUT2D eigenvalue weighted by Gasteiger charge is -2.23.